The van der Waals surface area contributed by atoms with Crippen LogP contribution in [0.3, 0.4) is 0 Å². The van der Waals surface area contributed by atoms with E-state index in [1.807, 2.05) is 0 Å². The number of hydrogen-bond donors (Lipinski definition) is 3. The molecule has 5 nitrogen and oxygen atoms in total. The molecule has 0 aromatic heterocycles. The van der Waals surface area contributed by atoms with Crippen molar-refractivity contribution in [2.45, 2.75) is 6.42 Å². The second-order valence-electron chi connectivity index (χ2n) is 4.15. The van der Waals surface area contributed by atoms with Crippen LogP contribution in [0.4, 0.5) is 0 Å². The number of nitrogens with one attached hydrogen (secondary N) is 1. The molecular weight excluding hydrogens is 228 g/mol. The largest absolute Gasteiger partial charge is 0.385 e. The molecule has 0 atom stereocenters. The van der Waals surface area contributed by atoms with Gasteiger partial charge in [0.25, 0.3) is 0 Å². The van der Waals surface area contributed by atoms with Gasteiger partial charge in [0.15, 0.2) is 0 Å². The Balaban J connectivity index is 1.94. The minimum Gasteiger partial charge on any atom is -0.385 e. The first-order chi connectivity index (χ1) is 7.64. The smallest absolute Gasteiger partial charge is 0.0502 e. The van der Waals surface area contributed by atoms with E-state index in [1.165, 1.54) is 0 Å². The maximum Gasteiger partial charge on any atom is 0.0502 e. The van der Waals surface area contributed by atoms with Crippen LogP contribution in [0.25, 0.3) is 0 Å². The fourth-order valence-corrected chi connectivity index (χ4v) is 3.00. The zero-order chi connectivity index (χ0) is 11.9. The molecule has 1 saturated heterocycles. The summed E-state index contributed by atoms with van der Waals surface area (Å²) in [6.45, 7) is 5.35. The predicted octanol–water partition coefficient (Wildman–Crippen LogP) is 0.679. The van der Waals surface area contributed by atoms with Gasteiger partial charge in [0.1, 0.15) is 0 Å². The molecular formula is C10H24N2O3S. The maximum atomic E-state index is 9.44. The molecule has 3 N–H and O–H groups in total. The molecule has 0 aromatic rings. The fourth-order valence-electron chi connectivity index (χ4n) is 1.69. The molecule has 0 saturated carbocycles. The van der Waals surface area contributed by atoms with E-state index in [9.17, 15) is 9.11 Å². The van der Waals surface area contributed by atoms with Crippen LogP contribution in [0.15, 0.2) is 0 Å². The van der Waals surface area contributed by atoms with Crippen molar-refractivity contribution < 1.29 is 13.8 Å². The van der Waals surface area contributed by atoms with E-state index >= 15 is 0 Å². The van der Waals surface area contributed by atoms with Gasteiger partial charge in [0.2, 0.25) is 0 Å². The number of nitrogens with zero attached hydrogens (tertiary/aromatic N) is 1. The number of hydrogen-bond acceptors (Lipinski definition) is 5. The van der Waals surface area contributed by atoms with Gasteiger partial charge in [-0.3, -0.25) is 14.0 Å². The van der Waals surface area contributed by atoms with Crippen LogP contribution in [0, 0.1) is 0 Å². The van der Waals surface area contributed by atoms with Crippen molar-refractivity contribution in [1.82, 2.24) is 10.2 Å². The minimum atomic E-state index is -2.24. The monoisotopic (exact) mass is 252 g/mol. The highest BCUT2D eigenvalue weighted by atomic mass is 32.3. The molecule has 1 heterocycles. The van der Waals surface area contributed by atoms with Gasteiger partial charge in [-0.15, -0.1) is 0 Å². The van der Waals surface area contributed by atoms with Gasteiger partial charge in [-0.1, -0.05) is 0 Å². The molecule has 6 heteroatoms. The standard InChI is InChI=1S/C10H24N2O3S/c1-15-8-2-3-11-4-5-12-6-9-16(13,14)10-7-12/h11,13-14H,2-10H2,1H3. The van der Waals surface area contributed by atoms with Crippen LogP contribution < -0.4 is 5.32 Å². The number of ether oxygens (including phenoxy) is 1. The van der Waals surface area contributed by atoms with Crippen molar-refractivity contribution in [3.05, 3.63) is 0 Å². The topological polar surface area (TPSA) is 65.0 Å². The lowest BCUT2D eigenvalue weighted by atomic mass is 10.4. The second-order valence-corrected chi connectivity index (χ2v) is 6.57. The van der Waals surface area contributed by atoms with Crippen LogP contribution in [0.2, 0.25) is 0 Å². The molecule has 0 aliphatic carbocycles. The average Bonchev–Trinajstić information content (AvgIpc) is 2.25. The van der Waals surface area contributed by atoms with E-state index in [2.05, 4.69) is 10.2 Å². The average molecular weight is 252 g/mol. The summed E-state index contributed by atoms with van der Waals surface area (Å²) in [4.78, 5) is 2.28. The quantitative estimate of drug-likeness (QED) is 0.582. The first-order valence-electron chi connectivity index (χ1n) is 5.80. The Morgan fingerprint density at radius 2 is 1.94 bits per heavy atom. The third-order valence-corrected chi connectivity index (χ3v) is 4.45. The number of rotatable bonds is 7. The predicted molar refractivity (Wildman–Crippen MR) is 68.4 cm³/mol. The molecule has 1 rings (SSSR count). The SMILES string of the molecule is COCCCNCCN1CCS(O)(O)CC1. The van der Waals surface area contributed by atoms with Gasteiger partial charge in [-0.2, -0.15) is 10.6 Å². The number of methoxy groups -OCH3 is 1. The fraction of sp³-hybridized carbons (Fsp3) is 1.00. The van der Waals surface area contributed by atoms with Crippen molar-refractivity contribution in [2.24, 2.45) is 0 Å². The Morgan fingerprint density at radius 3 is 2.56 bits per heavy atom. The lowest BCUT2D eigenvalue weighted by Gasteiger charge is -2.40. The first kappa shape index (κ1) is 14.2. The van der Waals surface area contributed by atoms with Gasteiger partial charge in [0, 0.05) is 39.9 Å². The van der Waals surface area contributed by atoms with Crippen LogP contribution in [-0.4, -0.2) is 72.0 Å². The molecule has 0 aromatic carbocycles. The zero-order valence-electron chi connectivity index (χ0n) is 10.0. The van der Waals surface area contributed by atoms with Crippen LogP contribution in [0.5, 0.6) is 0 Å². The Bertz CT molecular complexity index is 183. The Hall–Kier alpha value is 0.150. The van der Waals surface area contributed by atoms with Crippen molar-refractivity contribution in [3.8, 4) is 0 Å². The zero-order valence-corrected chi connectivity index (χ0v) is 10.8. The highest BCUT2D eigenvalue weighted by molar-refractivity contribution is 8.24. The highest BCUT2D eigenvalue weighted by Crippen LogP contribution is 2.39. The highest BCUT2D eigenvalue weighted by Gasteiger charge is 2.21. The summed E-state index contributed by atoms with van der Waals surface area (Å²) in [6.07, 6.45) is 1.04. The molecule has 1 aliphatic rings. The maximum absolute atomic E-state index is 9.44. The summed E-state index contributed by atoms with van der Waals surface area (Å²) in [5, 5.41) is 3.35. The first-order valence-corrected chi connectivity index (χ1v) is 7.68. The molecule has 0 bridgehead atoms. The molecule has 1 fully saturated rings. The molecule has 1 aliphatic heterocycles. The van der Waals surface area contributed by atoms with Gasteiger partial charge in [-0.05, 0) is 13.0 Å². The lowest BCUT2D eigenvalue weighted by Crippen LogP contribution is -2.41. The van der Waals surface area contributed by atoms with E-state index in [4.69, 9.17) is 4.74 Å². The summed E-state index contributed by atoms with van der Waals surface area (Å²) >= 11 is 0. The van der Waals surface area contributed by atoms with Gasteiger partial charge in [-0.25, -0.2) is 0 Å². The minimum absolute atomic E-state index is 0.538. The molecule has 0 radical (unpaired) electrons. The second kappa shape index (κ2) is 7.47. The van der Waals surface area contributed by atoms with E-state index in [-0.39, 0.29) is 0 Å². The third-order valence-electron chi connectivity index (χ3n) is 2.78. The Morgan fingerprint density at radius 1 is 1.25 bits per heavy atom. The van der Waals surface area contributed by atoms with Crippen LogP contribution in [-0.2, 0) is 4.74 Å². The van der Waals surface area contributed by atoms with Crippen LogP contribution in [0.1, 0.15) is 6.42 Å². The summed E-state index contributed by atoms with van der Waals surface area (Å²) in [5.41, 5.74) is 0. The van der Waals surface area contributed by atoms with Crippen molar-refractivity contribution in [3.63, 3.8) is 0 Å². The van der Waals surface area contributed by atoms with Gasteiger partial charge >= 0.3 is 0 Å². The molecule has 0 spiro atoms. The molecule has 98 valence electrons. The third kappa shape index (κ3) is 6.03. The lowest BCUT2D eigenvalue weighted by molar-refractivity contribution is 0.193. The van der Waals surface area contributed by atoms with E-state index in [0.717, 1.165) is 45.8 Å². The van der Waals surface area contributed by atoms with Crippen molar-refractivity contribution in [2.75, 3.05) is 57.9 Å². The van der Waals surface area contributed by atoms with Gasteiger partial charge in [0.05, 0.1) is 11.5 Å². The van der Waals surface area contributed by atoms with E-state index in [0.29, 0.717) is 11.5 Å². The summed E-state index contributed by atoms with van der Waals surface area (Å²) in [7, 11) is -0.522. The Kier molecular flexibility index (Phi) is 6.64. The summed E-state index contributed by atoms with van der Waals surface area (Å²) in [5.74, 6) is 1.08. The molecule has 0 amide bonds. The van der Waals surface area contributed by atoms with Gasteiger partial charge < -0.3 is 10.1 Å². The summed E-state index contributed by atoms with van der Waals surface area (Å²) < 4.78 is 23.8. The van der Waals surface area contributed by atoms with Crippen molar-refractivity contribution in [1.29, 1.82) is 0 Å². The van der Waals surface area contributed by atoms with E-state index in [1.54, 1.807) is 7.11 Å². The Labute approximate surface area is 99.5 Å². The van der Waals surface area contributed by atoms with Crippen molar-refractivity contribution >= 4 is 10.6 Å². The van der Waals surface area contributed by atoms with E-state index < -0.39 is 10.6 Å². The normalized spacial score (nSPS) is 23.2. The molecule has 16 heavy (non-hydrogen) atoms. The molecule has 0 unspecified atom stereocenters. The summed E-state index contributed by atoms with van der Waals surface area (Å²) in [6, 6.07) is 0. The van der Waals surface area contributed by atoms with Crippen LogP contribution >= 0.6 is 10.6 Å².